The Hall–Kier alpha value is -2.42. The second-order valence-corrected chi connectivity index (χ2v) is 4.76. The van der Waals surface area contributed by atoms with Crippen LogP contribution in [0, 0.1) is 13.8 Å². The minimum absolute atomic E-state index is 0.0607. The van der Waals surface area contributed by atoms with E-state index in [0.717, 1.165) is 22.0 Å². The Labute approximate surface area is 111 Å². The number of benzene rings is 1. The Kier molecular flexibility index (Phi) is 2.67. The summed E-state index contributed by atoms with van der Waals surface area (Å²) < 4.78 is 1.65. The van der Waals surface area contributed by atoms with Crippen LogP contribution in [0.4, 0.5) is 0 Å². The number of hydrogen-bond acceptors (Lipinski definition) is 2. The number of rotatable bonds is 1. The van der Waals surface area contributed by atoms with Gasteiger partial charge in [0.1, 0.15) is 5.82 Å². The van der Waals surface area contributed by atoms with E-state index < -0.39 is 0 Å². The summed E-state index contributed by atoms with van der Waals surface area (Å²) in [7, 11) is 0. The number of aromatic nitrogens is 2. The zero-order chi connectivity index (χ0) is 13.4. The average molecular weight is 250 g/mol. The van der Waals surface area contributed by atoms with Gasteiger partial charge >= 0.3 is 0 Å². The first-order valence-corrected chi connectivity index (χ1v) is 6.20. The molecule has 0 bridgehead atoms. The molecule has 0 spiro atoms. The summed E-state index contributed by atoms with van der Waals surface area (Å²) in [6.07, 6.45) is 1.77. The van der Waals surface area contributed by atoms with Crippen LogP contribution in [0.5, 0.6) is 0 Å². The molecule has 2 heterocycles. The van der Waals surface area contributed by atoms with Gasteiger partial charge in [-0.2, -0.15) is 0 Å². The summed E-state index contributed by atoms with van der Waals surface area (Å²) >= 11 is 0. The van der Waals surface area contributed by atoms with E-state index in [1.54, 1.807) is 16.8 Å². The van der Waals surface area contributed by atoms with Gasteiger partial charge in [0.05, 0.1) is 5.52 Å². The molecule has 0 amide bonds. The molecular formula is C16H14N2O. The summed E-state index contributed by atoms with van der Waals surface area (Å²) in [5.41, 5.74) is 3.03. The Bertz CT molecular complexity index is 801. The molecule has 0 aliphatic heterocycles. The maximum Gasteiger partial charge on any atom is 0.256 e. The SMILES string of the molecule is Cc1ccc(-n2c(=O)ccc3ccc(C)cc32)nc1. The third-order valence-corrected chi connectivity index (χ3v) is 3.18. The normalized spacial score (nSPS) is 10.8. The smallest absolute Gasteiger partial charge is 0.256 e. The fourth-order valence-corrected chi connectivity index (χ4v) is 2.17. The van der Waals surface area contributed by atoms with Gasteiger partial charge in [0.2, 0.25) is 0 Å². The molecule has 0 saturated heterocycles. The van der Waals surface area contributed by atoms with Crippen molar-refractivity contribution in [1.82, 2.24) is 9.55 Å². The van der Waals surface area contributed by atoms with Gasteiger partial charge in [-0.05, 0) is 48.6 Å². The lowest BCUT2D eigenvalue weighted by atomic mass is 10.1. The van der Waals surface area contributed by atoms with Crippen molar-refractivity contribution in [2.24, 2.45) is 0 Å². The lowest BCUT2D eigenvalue weighted by molar-refractivity contribution is 0.979. The molecule has 3 nitrogen and oxygen atoms in total. The predicted molar refractivity (Wildman–Crippen MR) is 76.8 cm³/mol. The molecule has 0 aliphatic rings. The Morgan fingerprint density at radius 3 is 2.42 bits per heavy atom. The predicted octanol–water partition coefficient (Wildman–Crippen LogP) is 3.00. The summed E-state index contributed by atoms with van der Waals surface area (Å²) in [4.78, 5) is 16.5. The second-order valence-electron chi connectivity index (χ2n) is 4.76. The average Bonchev–Trinajstić information content (AvgIpc) is 2.40. The largest absolute Gasteiger partial charge is 0.269 e. The quantitative estimate of drug-likeness (QED) is 0.665. The summed E-state index contributed by atoms with van der Waals surface area (Å²) in [5, 5.41) is 1.03. The molecule has 19 heavy (non-hydrogen) atoms. The first-order chi connectivity index (χ1) is 9.15. The fraction of sp³-hybridized carbons (Fsp3) is 0.125. The zero-order valence-electron chi connectivity index (χ0n) is 10.9. The molecule has 0 radical (unpaired) electrons. The molecule has 0 N–H and O–H groups in total. The highest BCUT2D eigenvalue weighted by Gasteiger charge is 2.06. The van der Waals surface area contributed by atoms with Gasteiger partial charge in [0.25, 0.3) is 5.56 Å². The minimum Gasteiger partial charge on any atom is -0.269 e. The van der Waals surface area contributed by atoms with Crippen LogP contribution in [0.1, 0.15) is 11.1 Å². The van der Waals surface area contributed by atoms with Gasteiger partial charge in [-0.15, -0.1) is 0 Å². The third kappa shape index (κ3) is 2.03. The number of fused-ring (bicyclic) bond motifs is 1. The van der Waals surface area contributed by atoms with Gasteiger partial charge in [-0.3, -0.25) is 9.36 Å². The summed E-state index contributed by atoms with van der Waals surface area (Å²) in [5.74, 6) is 0.659. The maximum absolute atomic E-state index is 12.2. The molecule has 0 aliphatic carbocycles. The van der Waals surface area contributed by atoms with Crippen LogP contribution in [-0.2, 0) is 0 Å². The van der Waals surface area contributed by atoms with Crippen molar-refractivity contribution in [2.75, 3.05) is 0 Å². The lowest BCUT2D eigenvalue weighted by Crippen LogP contribution is -2.18. The van der Waals surface area contributed by atoms with Crippen molar-refractivity contribution in [3.63, 3.8) is 0 Å². The van der Waals surface area contributed by atoms with E-state index in [9.17, 15) is 4.79 Å². The van der Waals surface area contributed by atoms with Crippen LogP contribution in [0.2, 0.25) is 0 Å². The van der Waals surface area contributed by atoms with Gasteiger partial charge in [-0.1, -0.05) is 18.2 Å². The molecule has 3 rings (SSSR count). The van der Waals surface area contributed by atoms with Crippen molar-refractivity contribution in [3.05, 3.63) is 70.1 Å². The van der Waals surface area contributed by atoms with Crippen molar-refractivity contribution in [1.29, 1.82) is 0 Å². The monoisotopic (exact) mass is 250 g/mol. The topological polar surface area (TPSA) is 34.9 Å². The molecule has 3 aromatic rings. The van der Waals surface area contributed by atoms with Gasteiger partial charge in [-0.25, -0.2) is 4.98 Å². The highest BCUT2D eigenvalue weighted by molar-refractivity contribution is 5.81. The second kappa shape index (κ2) is 4.35. The van der Waals surface area contributed by atoms with E-state index in [0.29, 0.717) is 5.82 Å². The van der Waals surface area contributed by atoms with Crippen molar-refractivity contribution < 1.29 is 0 Å². The maximum atomic E-state index is 12.2. The Morgan fingerprint density at radius 2 is 1.68 bits per heavy atom. The van der Waals surface area contributed by atoms with Gasteiger partial charge in [0.15, 0.2) is 0 Å². The van der Waals surface area contributed by atoms with Crippen LogP contribution in [0.25, 0.3) is 16.7 Å². The Balaban J connectivity index is 2.38. The minimum atomic E-state index is -0.0607. The van der Waals surface area contributed by atoms with Crippen LogP contribution in [0.15, 0.2) is 53.5 Å². The summed E-state index contributed by atoms with van der Waals surface area (Å²) in [6, 6.07) is 13.3. The number of nitrogens with zero attached hydrogens (tertiary/aromatic N) is 2. The third-order valence-electron chi connectivity index (χ3n) is 3.18. The lowest BCUT2D eigenvalue weighted by Gasteiger charge is -2.10. The molecule has 0 saturated carbocycles. The van der Waals surface area contributed by atoms with E-state index in [1.165, 1.54) is 0 Å². The van der Waals surface area contributed by atoms with Crippen molar-refractivity contribution >= 4 is 10.9 Å². The Morgan fingerprint density at radius 1 is 0.947 bits per heavy atom. The van der Waals surface area contributed by atoms with E-state index in [1.807, 2.05) is 50.2 Å². The van der Waals surface area contributed by atoms with Crippen molar-refractivity contribution in [2.45, 2.75) is 13.8 Å². The van der Waals surface area contributed by atoms with Crippen LogP contribution in [0.3, 0.4) is 0 Å². The van der Waals surface area contributed by atoms with Crippen molar-refractivity contribution in [3.8, 4) is 5.82 Å². The van der Waals surface area contributed by atoms with E-state index in [-0.39, 0.29) is 5.56 Å². The number of aryl methyl sites for hydroxylation is 2. The molecular weight excluding hydrogens is 236 g/mol. The highest BCUT2D eigenvalue weighted by atomic mass is 16.1. The standard InChI is InChI=1S/C16H14N2O/c1-11-3-5-13-6-8-16(19)18(14(13)9-11)15-7-4-12(2)10-17-15/h3-10H,1-2H3. The molecule has 0 unspecified atom stereocenters. The molecule has 3 heteroatoms. The van der Waals surface area contributed by atoms with E-state index >= 15 is 0 Å². The van der Waals surface area contributed by atoms with Gasteiger partial charge < -0.3 is 0 Å². The number of hydrogen-bond donors (Lipinski definition) is 0. The summed E-state index contributed by atoms with van der Waals surface area (Å²) in [6.45, 7) is 4.00. The fourth-order valence-electron chi connectivity index (χ4n) is 2.17. The molecule has 0 atom stereocenters. The molecule has 94 valence electrons. The highest BCUT2D eigenvalue weighted by Crippen LogP contribution is 2.16. The first kappa shape index (κ1) is 11.7. The van der Waals surface area contributed by atoms with Crippen LogP contribution in [-0.4, -0.2) is 9.55 Å². The molecule has 2 aromatic heterocycles. The molecule has 1 aromatic carbocycles. The zero-order valence-corrected chi connectivity index (χ0v) is 10.9. The first-order valence-electron chi connectivity index (χ1n) is 6.20. The van der Waals surface area contributed by atoms with Crippen LogP contribution >= 0.6 is 0 Å². The number of pyridine rings is 2. The van der Waals surface area contributed by atoms with E-state index in [2.05, 4.69) is 4.98 Å². The molecule has 0 fully saturated rings. The van der Waals surface area contributed by atoms with Crippen LogP contribution < -0.4 is 5.56 Å². The van der Waals surface area contributed by atoms with Gasteiger partial charge in [0, 0.05) is 12.3 Å². The van der Waals surface area contributed by atoms with E-state index in [4.69, 9.17) is 0 Å².